The smallest absolute Gasteiger partial charge is 0.409 e. The molecule has 7 nitrogen and oxygen atoms in total. The van der Waals surface area contributed by atoms with Crippen LogP contribution in [0.5, 0.6) is 0 Å². The van der Waals surface area contributed by atoms with Gasteiger partial charge in [-0.1, -0.05) is 29.8 Å². The van der Waals surface area contributed by atoms with Gasteiger partial charge in [0.2, 0.25) is 5.91 Å². The molecule has 0 bridgehead atoms. The summed E-state index contributed by atoms with van der Waals surface area (Å²) < 4.78 is 0. The van der Waals surface area contributed by atoms with E-state index in [9.17, 15) is 14.4 Å². The van der Waals surface area contributed by atoms with E-state index >= 15 is 0 Å². The molecule has 3 aromatic rings. The monoisotopic (exact) mass is 437 g/mol. The number of hydrogen-bond acceptors (Lipinski definition) is 4. The zero-order chi connectivity index (χ0) is 22.5. The van der Waals surface area contributed by atoms with Crippen molar-refractivity contribution in [3.8, 4) is 11.1 Å². The number of halogens is 1. The van der Waals surface area contributed by atoms with Crippen LogP contribution in [0.2, 0.25) is 5.02 Å². The van der Waals surface area contributed by atoms with E-state index in [1.54, 1.807) is 31.3 Å². The first-order chi connectivity index (χ1) is 14.7. The van der Waals surface area contributed by atoms with Crippen LogP contribution in [-0.2, 0) is 4.79 Å². The molecule has 3 N–H and O–H groups in total. The van der Waals surface area contributed by atoms with Gasteiger partial charge in [0, 0.05) is 22.5 Å². The van der Waals surface area contributed by atoms with Crippen LogP contribution in [0.25, 0.3) is 11.1 Å². The lowest BCUT2D eigenvalue weighted by atomic mass is 10.0. The SMILES string of the molecule is Cc1cc(-c2cccc(C(=O)CC(=O)Nc3cc(Cl)c(C)cc3NC(=O)O)c2)ccn1. The van der Waals surface area contributed by atoms with E-state index in [2.05, 4.69) is 15.6 Å². The summed E-state index contributed by atoms with van der Waals surface area (Å²) >= 11 is 6.10. The molecule has 0 aliphatic carbocycles. The predicted octanol–water partition coefficient (Wildman–Crippen LogP) is 5.32. The summed E-state index contributed by atoms with van der Waals surface area (Å²) in [6, 6.07) is 13.7. The molecule has 0 saturated carbocycles. The highest BCUT2D eigenvalue weighted by molar-refractivity contribution is 6.32. The molecule has 0 aliphatic heterocycles. The fraction of sp³-hybridized carbons (Fsp3) is 0.130. The second-order valence-electron chi connectivity index (χ2n) is 6.99. The Hall–Kier alpha value is -3.71. The number of nitrogens with one attached hydrogen (secondary N) is 2. The minimum absolute atomic E-state index is 0.172. The highest BCUT2D eigenvalue weighted by atomic mass is 35.5. The third kappa shape index (κ3) is 5.67. The highest BCUT2D eigenvalue weighted by Crippen LogP contribution is 2.29. The Morgan fingerprint density at radius 2 is 1.68 bits per heavy atom. The maximum absolute atomic E-state index is 12.7. The van der Waals surface area contributed by atoms with Crippen molar-refractivity contribution in [2.75, 3.05) is 10.6 Å². The fourth-order valence-corrected chi connectivity index (χ4v) is 3.21. The van der Waals surface area contributed by atoms with Crippen LogP contribution >= 0.6 is 11.6 Å². The summed E-state index contributed by atoms with van der Waals surface area (Å²) in [5, 5.41) is 14.1. The number of carbonyl (C=O) groups is 3. The normalized spacial score (nSPS) is 10.4. The van der Waals surface area contributed by atoms with Crippen molar-refractivity contribution >= 4 is 40.8 Å². The van der Waals surface area contributed by atoms with Gasteiger partial charge in [0.25, 0.3) is 0 Å². The third-order valence-electron chi connectivity index (χ3n) is 4.55. The van der Waals surface area contributed by atoms with Crippen molar-refractivity contribution < 1.29 is 19.5 Å². The van der Waals surface area contributed by atoms with E-state index in [1.807, 2.05) is 25.1 Å². The van der Waals surface area contributed by atoms with Crippen LogP contribution in [-0.4, -0.2) is 27.9 Å². The third-order valence-corrected chi connectivity index (χ3v) is 4.96. The first-order valence-corrected chi connectivity index (χ1v) is 9.77. The molecule has 2 amide bonds. The van der Waals surface area contributed by atoms with E-state index in [0.717, 1.165) is 16.8 Å². The molecule has 31 heavy (non-hydrogen) atoms. The summed E-state index contributed by atoms with van der Waals surface area (Å²) in [7, 11) is 0. The molecule has 1 aromatic heterocycles. The minimum atomic E-state index is -1.28. The maximum Gasteiger partial charge on any atom is 0.409 e. The van der Waals surface area contributed by atoms with E-state index in [-0.39, 0.29) is 17.2 Å². The number of Topliss-reactive ketones (excluding diaryl/α,β-unsaturated/α-hetero) is 1. The van der Waals surface area contributed by atoms with Gasteiger partial charge in [-0.05, 0) is 60.9 Å². The number of amides is 2. The van der Waals surface area contributed by atoms with E-state index in [1.165, 1.54) is 12.1 Å². The van der Waals surface area contributed by atoms with E-state index < -0.39 is 18.4 Å². The largest absolute Gasteiger partial charge is 0.465 e. The molecule has 0 radical (unpaired) electrons. The van der Waals surface area contributed by atoms with Crippen molar-refractivity contribution in [3.63, 3.8) is 0 Å². The summed E-state index contributed by atoms with van der Waals surface area (Å²) in [5.74, 6) is -0.945. The lowest BCUT2D eigenvalue weighted by molar-refractivity contribution is -0.115. The van der Waals surface area contributed by atoms with Crippen LogP contribution < -0.4 is 10.6 Å². The zero-order valence-corrected chi connectivity index (χ0v) is 17.7. The van der Waals surface area contributed by atoms with Crippen molar-refractivity contribution in [2.24, 2.45) is 0 Å². The van der Waals surface area contributed by atoms with E-state index in [0.29, 0.717) is 16.1 Å². The number of rotatable bonds is 6. The van der Waals surface area contributed by atoms with Gasteiger partial charge >= 0.3 is 6.09 Å². The van der Waals surface area contributed by atoms with Crippen LogP contribution in [0.4, 0.5) is 16.2 Å². The number of carboxylic acid groups (broad SMARTS) is 1. The fourth-order valence-electron chi connectivity index (χ4n) is 3.04. The molecule has 3 rings (SSSR count). The second kappa shape index (κ2) is 9.40. The average molecular weight is 438 g/mol. The molecule has 2 aromatic carbocycles. The number of aromatic nitrogens is 1. The molecule has 158 valence electrons. The summed E-state index contributed by atoms with van der Waals surface area (Å²) in [5.41, 5.74) is 4.01. The molecular formula is C23H20ClN3O4. The Morgan fingerprint density at radius 1 is 0.968 bits per heavy atom. The molecular weight excluding hydrogens is 418 g/mol. The molecule has 0 fully saturated rings. The molecule has 0 aliphatic rings. The first-order valence-electron chi connectivity index (χ1n) is 9.39. The lowest BCUT2D eigenvalue weighted by Gasteiger charge is -2.13. The number of nitrogens with zero attached hydrogens (tertiary/aromatic N) is 1. The number of aryl methyl sites for hydroxylation is 2. The van der Waals surface area contributed by atoms with Crippen molar-refractivity contribution in [1.82, 2.24) is 4.98 Å². The van der Waals surface area contributed by atoms with Crippen LogP contribution in [0, 0.1) is 13.8 Å². The minimum Gasteiger partial charge on any atom is -0.465 e. The number of pyridine rings is 1. The van der Waals surface area contributed by atoms with Crippen LogP contribution in [0.3, 0.4) is 0 Å². The molecule has 0 saturated heterocycles. The van der Waals surface area contributed by atoms with Gasteiger partial charge in [0.15, 0.2) is 5.78 Å². The summed E-state index contributed by atoms with van der Waals surface area (Å²) in [6.07, 6.45) is 0.00951. The van der Waals surface area contributed by atoms with Crippen LogP contribution in [0.1, 0.15) is 28.0 Å². The molecule has 8 heteroatoms. The van der Waals surface area contributed by atoms with Crippen LogP contribution in [0.15, 0.2) is 54.7 Å². The van der Waals surface area contributed by atoms with Crippen molar-refractivity contribution in [3.05, 3.63) is 76.6 Å². The molecule has 0 unspecified atom stereocenters. The number of benzene rings is 2. The molecule has 1 heterocycles. The van der Waals surface area contributed by atoms with Gasteiger partial charge in [-0.3, -0.25) is 19.9 Å². The van der Waals surface area contributed by atoms with E-state index in [4.69, 9.17) is 16.7 Å². The Balaban J connectivity index is 1.76. The van der Waals surface area contributed by atoms with Crippen molar-refractivity contribution in [2.45, 2.75) is 20.3 Å². The maximum atomic E-state index is 12.7. The zero-order valence-electron chi connectivity index (χ0n) is 16.9. The first kappa shape index (κ1) is 22.0. The van der Waals surface area contributed by atoms with Gasteiger partial charge in [0.1, 0.15) is 0 Å². The lowest BCUT2D eigenvalue weighted by Crippen LogP contribution is -2.18. The van der Waals surface area contributed by atoms with Crippen molar-refractivity contribution in [1.29, 1.82) is 0 Å². The Morgan fingerprint density at radius 3 is 2.39 bits per heavy atom. The second-order valence-corrected chi connectivity index (χ2v) is 7.40. The average Bonchev–Trinajstić information content (AvgIpc) is 2.71. The molecule has 0 spiro atoms. The number of anilines is 2. The Bertz CT molecular complexity index is 1180. The summed E-state index contributed by atoms with van der Waals surface area (Å²) in [4.78, 5) is 40.3. The van der Waals surface area contributed by atoms with Gasteiger partial charge < -0.3 is 10.4 Å². The Kier molecular flexibility index (Phi) is 6.67. The Labute approximate surface area is 184 Å². The summed E-state index contributed by atoms with van der Waals surface area (Å²) in [6.45, 7) is 3.59. The number of carbonyl (C=O) groups excluding carboxylic acids is 2. The van der Waals surface area contributed by atoms with Gasteiger partial charge in [-0.15, -0.1) is 0 Å². The topological polar surface area (TPSA) is 108 Å². The number of ketones is 1. The van der Waals surface area contributed by atoms with Gasteiger partial charge in [-0.25, -0.2) is 4.79 Å². The standard InChI is InChI=1S/C23H20ClN3O4/c1-13-8-19(27-23(30)31)20(11-18(13)24)26-22(29)12-21(28)17-5-3-4-15(10-17)16-6-7-25-14(2)9-16/h3-11,27H,12H2,1-2H3,(H,26,29)(H,30,31). The highest BCUT2D eigenvalue weighted by Gasteiger charge is 2.16. The molecule has 0 atom stereocenters. The predicted molar refractivity (Wildman–Crippen MR) is 120 cm³/mol. The van der Waals surface area contributed by atoms with Gasteiger partial charge in [-0.2, -0.15) is 0 Å². The quantitative estimate of drug-likeness (QED) is 0.357. The van der Waals surface area contributed by atoms with Gasteiger partial charge in [0.05, 0.1) is 17.8 Å². The number of hydrogen-bond donors (Lipinski definition) is 3.